The highest BCUT2D eigenvalue weighted by molar-refractivity contribution is 7.92. The number of carbonyl (C=O) groups is 1. The minimum Gasteiger partial charge on any atom is -0.372 e. The van der Waals surface area contributed by atoms with E-state index >= 15 is 0 Å². The highest BCUT2D eigenvalue weighted by Crippen LogP contribution is 2.38. The molecular weight excluding hydrogens is 539 g/mol. The molecule has 1 unspecified atom stereocenters. The molecule has 1 fully saturated rings. The van der Waals surface area contributed by atoms with Crippen molar-refractivity contribution in [1.82, 2.24) is 5.32 Å². The van der Waals surface area contributed by atoms with Gasteiger partial charge in [-0.2, -0.15) is 13.2 Å². The molecule has 0 spiro atoms. The second-order valence-corrected chi connectivity index (χ2v) is 11.3. The summed E-state index contributed by atoms with van der Waals surface area (Å²) < 4.78 is 68.2. The van der Waals surface area contributed by atoms with E-state index in [2.05, 4.69) is 10.2 Å². The fourth-order valence-electron chi connectivity index (χ4n) is 4.37. The fraction of sp³-hybridized carbons (Fsp3) is 0.296. The lowest BCUT2D eigenvalue weighted by Crippen LogP contribution is -2.41. The molecule has 1 N–H and O–H groups in total. The Hall–Kier alpha value is -3.24. The van der Waals surface area contributed by atoms with Gasteiger partial charge in [-0.25, -0.2) is 8.42 Å². The first-order chi connectivity index (χ1) is 18.0. The summed E-state index contributed by atoms with van der Waals surface area (Å²) in [6.45, 7) is 3.02. The van der Waals surface area contributed by atoms with E-state index in [1.54, 1.807) is 13.0 Å². The third-order valence-electron chi connectivity index (χ3n) is 6.40. The van der Waals surface area contributed by atoms with E-state index < -0.39 is 45.3 Å². The number of sulfonamides is 1. The van der Waals surface area contributed by atoms with Crippen molar-refractivity contribution in [1.29, 1.82) is 0 Å². The number of hydrogen-bond donors (Lipinski definition) is 1. The standard InChI is InChI=1S/C27H27ClF3N3O3S/c1-19(20-9-11-21(12-10-20)33-15-5-6-16-33)32-26(35)18-34(38(36,37)23-7-3-2-4-8-23)22-13-14-25(28)24(17-22)27(29,30)31/h2-4,7-14,17,19H,5-6,15-16,18H2,1H3,(H,32,35). The molecule has 6 nitrogen and oxygen atoms in total. The highest BCUT2D eigenvalue weighted by Gasteiger charge is 2.35. The molecule has 3 aromatic rings. The topological polar surface area (TPSA) is 69.7 Å². The van der Waals surface area contributed by atoms with Crippen LogP contribution in [0.1, 0.15) is 36.9 Å². The van der Waals surface area contributed by atoms with Crippen LogP contribution in [0.3, 0.4) is 0 Å². The van der Waals surface area contributed by atoms with Crippen LogP contribution in [0, 0.1) is 0 Å². The lowest BCUT2D eigenvalue weighted by atomic mass is 10.1. The van der Waals surface area contributed by atoms with Gasteiger partial charge in [0.2, 0.25) is 5.91 Å². The number of nitrogens with one attached hydrogen (secondary N) is 1. The fourth-order valence-corrected chi connectivity index (χ4v) is 6.03. The number of rotatable bonds is 8. The summed E-state index contributed by atoms with van der Waals surface area (Å²) >= 11 is 5.74. The molecule has 3 aromatic carbocycles. The number of halogens is 4. The summed E-state index contributed by atoms with van der Waals surface area (Å²) in [6, 6.07) is 17.2. The van der Waals surface area contributed by atoms with Gasteiger partial charge in [0.25, 0.3) is 10.0 Å². The average molecular weight is 566 g/mol. The Morgan fingerprint density at radius 2 is 1.66 bits per heavy atom. The number of alkyl halides is 3. The Morgan fingerprint density at radius 1 is 1.03 bits per heavy atom. The van der Waals surface area contributed by atoms with Gasteiger partial charge in [0.15, 0.2) is 0 Å². The predicted molar refractivity (Wildman–Crippen MR) is 142 cm³/mol. The van der Waals surface area contributed by atoms with Crippen LogP contribution in [0.25, 0.3) is 0 Å². The van der Waals surface area contributed by atoms with Gasteiger partial charge in [0.05, 0.1) is 27.2 Å². The molecule has 1 heterocycles. The number of hydrogen-bond acceptors (Lipinski definition) is 4. The Morgan fingerprint density at radius 3 is 2.26 bits per heavy atom. The average Bonchev–Trinajstić information content (AvgIpc) is 3.43. The summed E-state index contributed by atoms with van der Waals surface area (Å²) in [5, 5.41) is 2.18. The molecule has 1 aliphatic rings. The van der Waals surface area contributed by atoms with Crippen molar-refractivity contribution in [3.8, 4) is 0 Å². The molecule has 202 valence electrons. The molecule has 4 rings (SSSR count). The molecule has 1 amide bonds. The molecule has 1 aliphatic heterocycles. The third-order valence-corrected chi connectivity index (χ3v) is 8.52. The minimum atomic E-state index is -4.81. The number of nitrogens with zero attached hydrogens (tertiary/aromatic N) is 2. The van der Waals surface area contributed by atoms with Gasteiger partial charge in [-0.05, 0) is 67.8 Å². The molecule has 0 aliphatic carbocycles. The zero-order valence-electron chi connectivity index (χ0n) is 20.6. The van der Waals surface area contributed by atoms with Crippen molar-refractivity contribution < 1.29 is 26.4 Å². The zero-order valence-corrected chi connectivity index (χ0v) is 22.2. The Kier molecular flexibility index (Phi) is 8.22. The number of carbonyl (C=O) groups excluding carboxylic acids is 1. The summed E-state index contributed by atoms with van der Waals surface area (Å²) in [5.41, 5.74) is 0.373. The van der Waals surface area contributed by atoms with Crippen molar-refractivity contribution in [2.45, 2.75) is 36.9 Å². The summed E-state index contributed by atoms with van der Waals surface area (Å²) in [4.78, 5) is 15.2. The maximum atomic E-state index is 13.5. The highest BCUT2D eigenvalue weighted by atomic mass is 35.5. The van der Waals surface area contributed by atoms with Crippen molar-refractivity contribution in [3.63, 3.8) is 0 Å². The van der Waals surface area contributed by atoms with E-state index in [-0.39, 0.29) is 10.6 Å². The summed E-state index contributed by atoms with van der Waals surface area (Å²) in [6.07, 6.45) is -2.52. The van der Waals surface area contributed by atoms with Gasteiger partial charge >= 0.3 is 6.18 Å². The maximum Gasteiger partial charge on any atom is 0.417 e. The van der Waals surface area contributed by atoms with Crippen molar-refractivity contribution >= 4 is 38.9 Å². The number of benzene rings is 3. The first-order valence-corrected chi connectivity index (χ1v) is 13.9. The molecule has 1 saturated heterocycles. The summed E-state index contributed by atoms with van der Waals surface area (Å²) in [7, 11) is -4.38. The third kappa shape index (κ3) is 6.24. The van der Waals surface area contributed by atoms with Crippen LogP contribution in [0.2, 0.25) is 5.02 Å². The molecule has 38 heavy (non-hydrogen) atoms. The van der Waals surface area contributed by atoms with Crippen LogP contribution < -0.4 is 14.5 Å². The Labute approximate surface area is 225 Å². The molecule has 0 saturated carbocycles. The van der Waals surface area contributed by atoms with Crippen LogP contribution in [0.15, 0.2) is 77.7 Å². The predicted octanol–water partition coefficient (Wildman–Crippen LogP) is 6.03. The number of anilines is 2. The molecule has 0 radical (unpaired) electrons. The molecule has 1 atom stereocenters. The smallest absolute Gasteiger partial charge is 0.372 e. The largest absolute Gasteiger partial charge is 0.417 e. The second kappa shape index (κ2) is 11.2. The monoisotopic (exact) mass is 565 g/mol. The molecule has 11 heteroatoms. The van der Waals surface area contributed by atoms with Gasteiger partial charge < -0.3 is 10.2 Å². The van der Waals surface area contributed by atoms with Crippen LogP contribution >= 0.6 is 11.6 Å². The van der Waals surface area contributed by atoms with E-state index in [0.29, 0.717) is 10.4 Å². The first-order valence-electron chi connectivity index (χ1n) is 12.1. The van der Waals surface area contributed by atoms with Crippen molar-refractivity contribution in [3.05, 3.63) is 88.9 Å². The van der Waals surface area contributed by atoms with Gasteiger partial charge in [-0.3, -0.25) is 9.10 Å². The normalized spacial score (nSPS) is 14.8. The van der Waals surface area contributed by atoms with Crippen LogP contribution in [-0.4, -0.2) is 34.0 Å². The summed E-state index contributed by atoms with van der Waals surface area (Å²) in [5.74, 6) is -0.677. The van der Waals surface area contributed by atoms with E-state index in [9.17, 15) is 26.4 Å². The van der Waals surface area contributed by atoms with E-state index in [4.69, 9.17) is 11.6 Å². The van der Waals surface area contributed by atoms with Gasteiger partial charge in [0, 0.05) is 18.8 Å². The lowest BCUT2D eigenvalue weighted by molar-refractivity contribution is -0.137. The van der Waals surface area contributed by atoms with Crippen LogP contribution in [0.5, 0.6) is 0 Å². The number of amides is 1. The van der Waals surface area contributed by atoms with Crippen LogP contribution in [-0.2, 0) is 21.0 Å². The van der Waals surface area contributed by atoms with Gasteiger partial charge in [-0.15, -0.1) is 0 Å². The van der Waals surface area contributed by atoms with Crippen molar-refractivity contribution in [2.75, 3.05) is 28.8 Å². The van der Waals surface area contributed by atoms with E-state index in [1.165, 1.54) is 24.3 Å². The van der Waals surface area contributed by atoms with E-state index in [1.807, 2.05) is 24.3 Å². The SMILES string of the molecule is CC(NC(=O)CN(c1ccc(Cl)c(C(F)(F)F)c1)S(=O)(=O)c1ccccc1)c1ccc(N2CCCC2)cc1. The minimum absolute atomic E-state index is 0.165. The molecule has 0 aromatic heterocycles. The van der Waals surface area contributed by atoms with Gasteiger partial charge in [0.1, 0.15) is 6.54 Å². The maximum absolute atomic E-state index is 13.5. The Balaban J connectivity index is 1.59. The zero-order chi connectivity index (χ0) is 27.5. The van der Waals surface area contributed by atoms with Crippen molar-refractivity contribution in [2.24, 2.45) is 0 Å². The second-order valence-electron chi connectivity index (χ2n) is 9.06. The lowest BCUT2D eigenvalue weighted by Gasteiger charge is -2.26. The van der Waals surface area contributed by atoms with Gasteiger partial charge in [-0.1, -0.05) is 41.9 Å². The van der Waals surface area contributed by atoms with E-state index in [0.717, 1.165) is 49.3 Å². The first kappa shape index (κ1) is 27.8. The quantitative estimate of drug-likeness (QED) is 0.362. The van der Waals surface area contributed by atoms with Crippen LogP contribution in [0.4, 0.5) is 24.5 Å². The Bertz CT molecular complexity index is 1380. The molecular formula is C27H27ClF3N3O3S. The molecule has 0 bridgehead atoms.